The van der Waals surface area contributed by atoms with Crippen molar-refractivity contribution in [2.24, 2.45) is 0 Å². The quantitative estimate of drug-likeness (QED) is 0.846. The van der Waals surface area contributed by atoms with Gasteiger partial charge in [-0.2, -0.15) is 11.8 Å². The molecule has 2 heterocycles. The average Bonchev–Trinajstić information content (AvgIpc) is 2.65. The van der Waals surface area contributed by atoms with Gasteiger partial charge in [-0.05, 0) is 31.0 Å². The Bertz CT molecular complexity index is 659. The van der Waals surface area contributed by atoms with Crippen molar-refractivity contribution in [2.75, 3.05) is 48.3 Å². The van der Waals surface area contributed by atoms with E-state index in [-0.39, 0.29) is 17.6 Å². The van der Waals surface area contributed by atoms with Crippen LogP contribution >= 0.6 is 11.8 Å². The normalized spacial score (nSPS) is 19.2. The molecule has 0 bridgehead atoms. The Kier molecular flexibility index (Phi) is 6.37. The van der Waals surface area contributed by atoms with E-state index in [2.05, 4.69) is 15.5 Å². The fourth-order valence-corrected chi connectivity index (χ4v) is 4.40. The molecule has 2 aliphatic rings. The maximum atomic E-state index is 14.0. The number of thioether (sulfide) groups is 1. The summed E-state index contributed by atoms with van der Waals surface area (Å²) >= 11 is 2.00. The van der Waals surface area contributed by atoms with Crippen molar-refractivity contribution in [2.45, 2.75) is 25.8 Å². The summed E-state index contributed by atoms with van der Waals surface area (Å²) in [6, 6.07) is 4.39. The second-order valence-electron chi connectivity index (χ2n) is 6.67. The lowest BCUT2D eigenvalue weighted by Crippen LogP contribution is -2.49. The summed E-state index contributed by atoms with van der Waals surface area (Å²) < 4.78 is 14.0. The van der Waals surface area contributed by atoms with Crippen LogP contribution in [0.2, 0.25) is 0 Å². The molecular weight excluding hydrogens is 355 g/mol. The largest absolute Gasteiger partial charge is 0.326 e. The summed E-state index contributed by atoms with van der Waals surface area (Å²) in [6.07, 6.45) is 1.90. The third-order valence-corrected chi connectivity index (χ3v) is 5.78. The molecule has 0 spiro atoms. The maximum absolute atomic E-state index is 14.0. The zero-order valence-electron chi connectivity index (χ0n) is 15.0. The predicted molar refractivity (Wildman–Crippen MR) is 103 cm³/mol. The van der Waals surface area contributed by atoms with Gasteiger partial charge in [-0.1, -0.05) is 0 Å². The van der Waals surface area contributed by atoms with Gasteiger partial charge in [-0.3, -0.25) is 9.69 Å². The Morgan fingerprint density at radius 1 is 1.12 bits per heavy atom. The molecule has 0 aliphatic carbocycles. The Morgan fingerprint density at radius 3 is 2.46 bits per heavy atom. The fraction of sp³-hybridized carbons (Fsp3) is 0.556. The summed E-state index contributed by atoms with van der Waals surface area (Å²) in [4.78, 5) is 27.9. The van der Waals surface area contributed by atoms with Crippen LogP contribution in [0.1, 0.15) is 19.8 Å². The number of hydrogen-bond donors (Lipinski definition) is 2. The van der Waals surface area contributed by atoms with Crippen molar-refractivity contribution in [1.29, 1.82) is 0 Å². The molecule has 2 fully saturated rings. The molecule has 8 heteroatoms. The molecule has 2 saturated heterocycles. The van der Waals surface area contributed by atoms with E-state index >= 15 is 0 Å². The van der Waals surface area contributed by atoms with Crippen molar-refractivity contribution >= 4 is 35.1 Å². The van der Waals surface area contributed by atoms with Gasteiger partial charge in [-0.15, -0.1) is 0 Å². The van der Waals surface area contributed by atoms with E-state index in [1.807, 2.05) is 11.8 Å². The van der Waals surface area contributed by atoms with E-state index in [9.17, 15) is 14.0 Å². The number of carbonyl (C=O) groups is 2. The zero-order valence-corrected chi connectivity index (χ0v) is 15.8. The average molecular weight is 380 g/mol. The third-order valence-electron chi connectivity index (χ3n) is 4.84. The smallest absolute Gasteiger partial charge is 0.321 e. The number of nitrogens with zero attached hydrogens (tertiary/aromatic N) is 2. The first-order valence-electron chi connectivity index (χ1n) is 8.98. The maximum Gasteiger partial charge on any atom is 0.321 e. The predicted octanol–water partition coefficient (Wildman–Crippen LogP) is 2.83. The Balaban J connectivity index is 1.55. The van der Waals surface area contributed by atoms with Gasteiger partial charge in [0.25, 0.3) is 0 Å². The van der Waals surface area contributed by atoms with Gasteiger partial charge in [0, 0.05) is 56.3 Å². The van der Waals surface area contributed by atoms with Crippen molar-refractivity contribution in [3.8, 4) is 0 Å². The standard InChI is InChI=1S/C18H25FN4O2S/c1-13(24)20-14-2-3-16(19)17(12-14)21-18(25)23-6-4-15(5-7-23)22-8-10-26-11-9-22/h2-3,12,15H,4-11H2,1H3,(H,20,24)(H,21,25). The lowest BCUT2D eigenvalue weighted by atomic mass is 10.0. The van der Waals surface area contributed by atoms with Gasteiger partial charge < -0.3 is 15.5 Å². The molecule has 142 valence electrons. The highest BCUT2D eigenvalue weighted by molar-refractivity contribution is 7.99. The molecule has 0 aromatic heterocycles. The second-order valence-corrected chi connectivity index (χ2v) is 7.90. The molecule has 0 atom stereocenters. The summed E-state index contributed by atoms with van der Waals surface area (Å²) in [5.41, 5.74) is 0.535. The summed E-state index contributed by atoms with van der Waals surface area (Å²) in [5.74, 6) is 1.61. The van der Waals surface area contributed by atoms with Crippen LogP contribution in [0.15, 0.2) is 18.2 Å². The van der Waals surface area contributed by atoms with Crippen LogP contribution in [0.4, 0.5) is 20.6 Å². The van der Waals surface area contributed by atoms with Gasteiger partial charge in [0.05, 0.1) is 5.69 Å². The minimum absolute atomic E-state index is 0.0800. The Hall–Kier alpha value is -1.80. The summed E-state index contributed by atoms with van der Waals surface area (Å²) in [6.45, 7) is 4.98. The van der Waals surface area contributed by atoms with E-state index in [1.165, 1.54) is 36.6 Å². The van der Waals surface area contributed by atoms with E-state index in [0.717, 1.165) is 25.9 Å². The van der Waals surface area contributed by atoms with Crippen LogP contribution in [-0.2, 0) is 4.79 Å². The lowest BCUT2D eigenvalue weighted by molar-refractivity contribution is -0.114. The number of rotatable bonds is 3. The second kappa shape index (κ2) is 8.73. The molecule has 2 N–H and O–H groups in total. The molecule has 6 nitrogen and oxygen atoms in total. The summed E-state index contributed by atoms with van der Waals surface area (Å²) in [5, 5.41) is 5.22. The SMILES string of the molecule is CC(=O)Nc1ccc(F)c(NC(=O)N2CCC(N3CCSCC3)CC2)c1. The number of benzene rings is 1. The summed E-state index contributed by atoms with van der Waals surface area (Å²) in [7, 11) is 0. The van der Waals surface area contributed by atoms with E-state index < -0.39 is 5.82 Å². The van der Waals surface area contributed by atoms with Gasteiger partial charge in [0.15, 0.2) is 0 Å². The first kappa shape index (κ1) is 19.0. The molecule has 3 amide bonds. The van der Waals surface area contributed by atoms with Crippen LogP contribution < -0.4 is 10.6 Å². The zero-order chi connectivity index (χ0) is 18.5. The van der Waals surface area contributed by atoms with E-state index in [4.69, 9.17) is 0 Å². The number of nitrogens with one attached hydrogen (secondary N) is 2. The first-order valence-corrected chi connectivity index (χ1v) is 10.1. The molecule has 1 aromatic rings. The minimum atomic E-state index is -0.520. The monoisotopic (exact) mass is 380 g/mol. The van der Waals surface area contributed by atoms with Crippen LogP contribution in [0.3, 0.4) is 0 Å². The number of amides is 3. The number of piperidine rings is 1. The van der Waals surface area contributed by atoms with Crippen molar-refractivity contribution in [3.05, 3.63) is 24.0 Å². The first-order chi connectivity index (χ1) is 12.5. The number of likely N-dealkylation sites (tertiary alicyclic amines) is 1. The highest BCUT2D eigenvalue weighted by Crippen LogP contribution is 2.23. The number of anilines is 2. The molecule has 3 rings (SSSR count). The van der Waals surface area contributed by atoms with E-state index in [0.29, 0.717) is 24.8 Å². The lowest BCUT2D eigenvalue weighted by Gasteiger charge is -2.40. The van der Waals surface area contributed by atoms with Gasteiger partial charge >= 0.3 is 6.03 Å². The molecule has 0 saturated carbocycles. The van der Waals surface area contributed by atoms with Gasteiger partial charge in [-0.25, -0.2) is 9.18 Å². The molecule has 0 unspecified atom stereocenters. The van der Waals surface area contributed by atoms with Gasteiger partial charge in [0.1, 0.15) is 5.82 Å². The fourth-order valence-electron chi connectivity index (χ4n) is 3.47. The number of hydrogen-bond acceptors (Lipinski definition) is 4. The Labute approximate surface area is 157 Å². The van der Waals surface area contributed by atoms with E-state index in [1.54, 1.807) is 4.90 Å². The van der Waals surface area contributed by atoms with Crippen molar-refractivity contribution in [1.82, 2.24) is 9.80 Å². The van der Waals surface area contributed by atoms with Crippen LogP contribution in [0.25, 0.3) is 0 Å². The molecule has 2 aliphatic heterocycles. The van der Waals surface area contributed by atoms with Crippen molar-refractivity contribution < 1.29 is 14.0 Å². The molecule has 1 aromatic carbocycles. The number of halogens is 1. The number of carbonyl (C=O) groups excluding carboxylic acids is 2. The molecular formula is C18H25FN4O2S. The number of urea groups is 1. The topological polar surface area (TPSA) is 64.7 Å². The highest BCUT2D eigenvalue weighted by Gasteiger charge is 2.28. The molecule has 0 radical (unpaired) electrons. The van der Waals surface area contributed by atoms with Crippen molar-refractivity contribution in [3.63, 3.8) is 0 Å². The van der Waals surface area contributed by atoms with Gasteiger partial charge in [0.2, 0.25) is 5.91 Å². The highest BCUT2D eigenvalue weighted by atomic mass is 32.2. The van der Waals surface area contributed by atoms with Crippen LogP contribution in [-0.4, -0.2) is 65.5 Å². The van der Waals surface area contributed by atoms with Crippen LogP contribution in [0.5, 0.6) is 0 Å². The Morgan fingerprint density at radius 2 is 1.81 bits per heavy atom. The van der Waals surface area contributed by atoms with Crippen LogP contribution in [0, 0.1) is 5.82 Å². The minimum Gasteiger partial charge on any atom is -0.326 e. The third kappa shape index (κ3) is 4.88. The molecule has 26 heavy (non-hydrogen) atoms.